The van der Waals surface area contributed by atoms with Crippen LogP contribution in [0, 0.1) is 5.82 Å². The molecule has 2 N–H and O–H groups in total. The number of rotatable bonds is 5. The van der Waals surface area contributed by atoms with Crippen LogP contribution in [0.5, 0.6) is 5.75 Å². The van der Waals surface area contributed by atoms with Crippen LogP contribution in [0.4, 0.5) is 15.8 Å². The van der Waals surface area contributed by atoms with Crippen molar-refractivity contribution in [3.63, 3.8) is 0 Å². The number of nitrogens with two attached hydrogens (primary N) is 1. The fraction of sp³-hybridized carbons (Fsp3) is 0.250. The van der Waals surface area contributed by atoms with E-state index in [1.165, 1.54) is 6.07 Å². The van der Waals surface area contributed by atoms with Gasteiger partial charge in [0.1, 0.15) is 11.6 Å². The minimum absolute atomic E-state index is 0.212. The summed E-state index contributed by atoms with van der Waals surface area (Å²) >= 11 is 0. The fourth-order valence-corrected chi connectivity index (χ4v) is 2.18. The van der Waals surface area contributed by atoms with Gasteiger partial charge < -0.3 is 15.4 Å². The summed E-state index contributed by atoms with van der Waals surface area (Å²) in [5.74, 6) is 0.443. The zero-order valence-corrected chi connectivity index (χ0v) is 11.8. The van der Waals surface area contributed by atoms with E-state index in [4.69, 9.17) is 10.5 Å². The van der Waals surface area contributed by atoms with Crippen molar-refractivity contribution in [1.29, 1.82) is 0 Å². The molecule has 20 heavy (non-hydrogen) atoms. The predicted octanol–water partition coefficient (Wildman–Crippen LogP) is 3.44. The van der Waals surface area contributed by atoms with Gasteiger partial charge in [0.05, 0.1) is 18.5 Å². The molecule has 0 amide bonds. The number of para-hydroxylation sites is 1. The van der Waals surface area contributed by atoms with Gasteiger partial charge in [0.15, 0.2) is 0 Å². The van der Waals surface area contributed by atoms with E-state index < -0.39 is 0 Å². The zero-order valence-electron chi connectivity index (χ0n) is 11.8. The van der Waals surface area contributed by atoms with Gasteiger partial charge in [-0.1, -0.05) is 18.2 Å². The van der Waals surface area contributed by atoms with Crippen LogP contribution >= 0.6 is 0 Å². The number of benzene rings is 2. The van der Waals surface area contributed by atoms with Gasteiger partial charge in [0.25, 0.3) is 0 Å². The molecular formula is C16H19FN2O. The van der Waals surface area contributed by atoms with Crippen LogP contribution in [0.15, 0.2) is 42.5 Å². The Morgan fingerprint density at radius 2 is 1.95 bits per heavy atom. The zero-order chi connectivity index (χ0) is 14.5. The molecule has 106 valence electrons. The second-order valence-corrected chi connectivity index (χ2v) is 4.54. The van der Waals surface area contributed by atoms with Crippen LogP contribution < -0.4 is 15.4 Å². The molecule has 3 nitrogen and oxygen atoms in total. The number of methoxy groups -OCH3 is 1. The maximum Gasteiger partial charge on any atom is 0.146 e. The molecule has 2 aromatic rings. The standard InChI is InChI=1S/C16H19FN2O/c1-3-19(15-7-5-4-6-13(15)17)11-12-8-9-16(20-2)14(18)10-12/h4-10H,3,11,18H2,1-2H3. The normalized spacial score (nSPS) is 10.3. The molecule has 0 atom stereocenters. The fourth-order valence-electron chi connectivity index (χ4n) is 2.18. The van der Waals surface area contributed by atoms with Crippen molar-refractivity contribution >= 4 is 11.4 Å². The first-order chi connectivity index (χ1) is 9.65. The van der Waals surface area contributed by atoms with Gasteiger partial charge in [0, 0.05) is 13.1 Å². The minimum Gasteiger partial charge on any atom is -0.495 e. The van der Waals surface area contributed by atoms with Crippen molar-refractivity contribution in [2.45, 2.75) is 13.5 Å². The number of hydrogen-bond acceptors (Lipinski definition) is 3. The number of nitrogens with zero attached hydrogens (tertiary/aromatic N) is 1. The van der Waals surface area contributed by atoms with E-state index in [1.807, 2.05) is 36.1 Å². The molecule has 4 heteroatoms. The number of nitrogen functional groups attached to an aromatic ring is 1. The maximum absolute atomic E-state index is 13.8. The van der Waals surface area contributed by atoms with Crippen molar-refractivity contribution in [2.24, 2.45) is 0 Å². The molecule has 0 bridgehead atoms. The molecule has 0 spiro atoms. The van der Waals surface area contributed by atoms with E-state index >= 15 is 0 Å². The van der Waals surface area contributed by atoms with E-state index in [0.29, 0.717) is 30.2 Å². The van der Waals surface area contributed by atoms with Crippen LogP contribution in [-0.2, 0) is 6.54 Å². The monoisotopic (exact) mass is 274 g/mol. The summed E-state index contributed by atoms with van der Waals surface area (Å²) in [5, 5.41) is 0. The lowest BCUT2D eigenvalue weighted by Crippen LogP contribution is -2.23. The molecule has 2 rings (SSSR count). The van der Waals surface area contributed by atoms with Crippen LogP contribution in [-0.4, -0.2) is 13.7 Å². The highest BCUT2D eigenvalue weighted by molar-refractivity contribution is 5.55. The van der Waals surface area contributed by atoms with Crippen molar-refractivity contribution in [2.75, 3.05) is 24.3 Å². The van der Waals surface area contributed by atoms with E-state index in [2.05, 4.69) is 0 Å². The maximum atomic E-state index is 13.8. The Morgan fingerprint density at radius 3 is 2.55 bits per heavy atom. The second-order valence-electron chi connectivity index (χ2n) is 4.54. The Balaban J connectivity index is 2.23. The van der Waals surface area contributed by atoms with Gasteiger partial charge in [-0.3, -0.25) is 0 Å². The molecule has 0 saturated carbocycles. The number of ether oxygens (including phenoxy) is 1. The summed E-state index contributed by atoms with van der Waals surface area (Å²) in [6.07, 6.45) is 0. The van der Waals surface area contributed by atoms with Gasteiger partial charge in [0.2, 0.25) is 0 Å². The average Bonchev–Trinajstić information content (AvgIpc) is 2.46. The van der Waals surface area contributed by atoms with Gasteiger partial charge in [-0.2, -0.15) is 0 Å². The predicted molar refractivity (Wildman–Crippen MR) is 80.5 cm³/mol. The first kappa shape index (κ1) is 14.2. The van der Waals surface area contributed by atoms with E-state index in [1.54, 1.807) is 19.2 Å². The van der Waals surface area contributed by atoms with Crippen LogP contribution in [0.3, 0.4) is 0 Å². The number of anilines is 2. The van der Waals surface area contributed by atoms with Crippen molar-refractivity contribution in [1.82, 2.24) is 0 Å². The van der Waals surface area contributed by atoms with Crippen LogP contribution in [0.2, 0.25) is 0 Å². The summed E-state index contributed by atoms with van der Waals surface area (Å²) < 4.78 is 19.0. The molecule has 0 aliphatic carbocycles. The van der Waals surface area contributed by atoms with Crippen LogP contribution in [0.1, 0.15) is 12.5 Å². The third-order valence-corrected chi connectivity index (χ3v) is 3.24. The van der Waals surface area contributed by atoms with Crippen molar-refractivity contribution < 1.29 is 9.13 Å². The van der Waals surface area contributed by atoms with Crippen molar-refractivity contribution in [3.05, 3.63) is 53.8 Å². The summed E-state index contributed by atoms with van der Waals surface area (Å²) in [5.41, 5.74) is 8.12. The molecule has 0 unspecified atom stereocenters. The third-order valence-electron chi connectivity index (χ3n) is 3.24. The number of hydrogen-bond donors (Lipinski definition) is 1. The highest BCUT2D eigenvalue weighted by Crippen LogP contribution is 2.25. The van der Waals surface area contributed by atoms with Gasteiger partial charge in [-0.05, 0) is 36.8 Å². The molecule has 0 saturated heterocycles. The molecule has 0 aliphatic rings. The third kappa shape index (κ3) is 3.02. The van der Waals surface area contributed by atoms with E-state index in [0.717, 1.165) is 5.56 Å². The van der Waals surface area contributed by atoms with Gasteiger partial charge in [-0.15, -0.1) is 0 Å². The molecule has 0 aromatic heterocycles. The molecule has 0 fully saturated rings. The smallest absolute Gasteiger partial charge is 0.146 e. The Kier molecular flexibility index (Phi) is 4.45. The lowest BCUT2D eigenvalue weighted by molar-refractivity contribution is 0.417. The van der Waals surface area contributed by atoms with Gasteiger partial charge in [-0.25, -0.2) is 4.39 Å². The Hall–Kier alpha value is -2.23. The van der Waals surface area contributed by atoms with Crippen LogP contribution in [0.25, 0.3) is 0 Å². The Morgan fingerprint density at radius 1 is 1.20 bits per heavy atom. The minimum atomic E-state index is -0.212. The summed E-state index contributed by atoms with van der Waals surface area (Å²) in [4.78, 5) is 1.97. The molecule has 0 heterocycles. The first-order valence-electron chi connectivity index (χ1n) is 6.57. The molecule has 2 aromatic carbocycles. The van der Waals surface area contributed by atoms with E-state index in [-0.39, 0.29) is 5.82 Å². The van der Waals surface area contributed by atoms with E-state index in [9.17, 15) is 4.39 Å². The summed E-state index contributed by atoms with van der Waals surface area (Å²) in [6, 6.07) is 12.4. The largest absolute Gasteiger partial charge is 0.495 e. The quantitative estimate of drug-likeness (QED) is 0.849. The summed E-state index contributed by atoms with van der Waals surface area (Å²) in [6.45, 7) is 3.32. The van der Waals surface area contributed by atoms with Gasteiger partial charge >= 0.3 is 0 Å². The molecular weight excluding hydrogens is 255 g/mol. The first-order valence-corrected chi connectivity index (χ1v) is 6.57. The Labute approximate surface area is 118 Å². The summed E-state index contributed by atoms with van der Waals surface area (Å²) in [7, 11) is 1.59. The average molecular weight is 274 g/mol. The van der Waals surface area contributed by atoms with Crippen molar-refractivity contribution in [3.8, 4) is 5.75 Å². The lowest BCUT2D eigenvalue weighted by Gasteiger charge is -2.24. The highest BCUT2D eigenvalue weighted by Gasteiger charge is 2.10. The molecule has 0 radical (unpaired) electrons. The SMILES string of the molecule is CCN(Cc1ccc(OC)c(N)c1)c1ccccc1F. The second kappa shape index (κ2) is 6.28. The Bertz CT molecular complexity index is 586. The number of halogens is 1. The lowest BCUT2D eigenvalue weighted by atomic mass is 10.1. The molecule has 0 aliphatic heterocycles. The highest BCUT2D eigenvalue weighted by atomic mass is 19.1. The topological polar surface area (TPSA) is 38.5 Å².